The second-order valence-electron chi connectivity index (χ2n) is 20.1. The molecule has 1 aliphatic rings. The molecule has 4 rings (SSSR count). The summed E-state index contributed by atoms with van der Waals surface area (Å²) in [6, 6.07) is 9.70. The number of nitrogens with zero attached hydrogens (tertiary/aromatic N) is 5. The molecule has 0 saturated heterocycles. The first kappa shape index (κ1) is 52.1. The van der Waals surface area contributed by atoms with Crippen molar-refractivity contribution in [1.29, 1.82) is 0 Å². The van der Waals surface area contributed by atoms with E-state index in [1.54, 1.807) is 0 Å². The summed E-state index contributed by atoms with van der Waals surface area (Å²) in [4.78, 5) is 28.5. The summed E-state index contributed by atoms with van der Waals surface area (Å²) >= 11 is 0. The molecular weight excluding hydrogens is 761 g/mol. The monoisotopic (exact) mass is 857 g/mol. The van der Waals surface area contributed by atoms with Gasteiger partial charge in [0.1, 0.15) is 5.52 Å². The minimum Gasteiger partial charge on any atom is -0.330 e. The number of anilines is 1. The summed E-state index contributed by atoms with van der Waals surface area (Å²) < 4.78 is 2.22. The number of imidazole rings is 1. The lowest BCUT2D eigenvalue weighted by molar-refractivity contribution is -0.116. The first-order valence-electron chi connectivity index (χ1n) is 26.9. The summed E-state index contributed by atoms with van der Waals surface area (Å²) in [5.41, 5.74) is 2.75. The van der Waals surface area contributed by atoms with E-state index in [2.05, 4.69) is 66.6 Å². The van der Waals surface area contributed by atoms with Crippen molar-refractivity contribution in [1.82, 2.24) is 24.3 Å². The van der Waals surface area contributed by atoms with Gasteiger partial charge in [-0.3, -0.25) is 4.79 Å². The number of rotatable bonds is 37. The van der Waals surface area contributed by atoms with Gasteiger partial charge in [0.2, 0.25) is 5.91 Å². The highest BCUT2D eigenvalue weighted by molar-refractivity contribution is 6.09. The van der Waals surface area contributed by atoms with Crippen LogP contribution in [0, 0.1) is 5.92 Å². The second kappa shape index (κ2) is 32.2. The first-order chi connectivity index (χ1) is 30.4. The number of benzene rings is 1. The van der Waals surface area contributed by atoms with Crippen molar-refractivity contribution >= 4 is 33.7 Å². The van der Waals surface area contributed by atoms with Crippen LogP contribution < -0.4 is 5.32 Å². The first-order valence-corrected chi connectivity index (χ1v) is 26.9. The molecule has 1 saturated carbocycles. The number of para-hydroxylation sites is 1. The fourth-order valence-electron chi connectivity index (χ4n) is 10.3. The van der Waals surface area contributed by atoms with Crippen LogP contribution >= 0.6 is 0 Å². The Morgan fingerprint density at radius 1 is 0.645 bits per heavy atom. The number of amides is 1. The number of hydrogen-bond donors (Lipinski definition) is 1. The lowest BCUT2D eigenvalue weighted by Crippen LogP contribution is -2.44. The third-order valence-corrected chi connectivity index (χ3v) is 14.1. The van der Waals surface area contributed by atoms with Crippen LogP contribution in [0.3, 0.4) is 0 Å². The predicted octanol–water partition coefficient (Wildman–Crippen LogP) is 15.7. The van der Waals surface area contributed by atoms with Crippen LogP contribution in [0.1, 0.15) is 233 Å². The van der Waals surface area contributed by atoms with Crippen LogP contribution in [-0.4, -0.2) is 69.0 Å². The summed E-state index contributed by atoms with van der Waals surface area (Å²) in [7, 11) is 2.40. The molecular formula is C55H96N6O. The SMILES string of the molecule is CCCCCCCCCCCCCCN(C)[C@H]1CC[C@@H](N(CCCCCCCCCCCCCC)CCCCCC(=O)Nc2nc3ccccc3c3c2ncn3CC(C)C)CC1. The molecule has 62 heavy (non-hydrogen) atoms. The Bertz CT molecular complexity index is 1580. The summed E-state index contributed by atoms with van der Waals surface area (Å²) in [5, 5.41) is 4.25. The molecule has 1 aliphatic carbocycles. The van der Waals surface area contributed by atoms with Crippen LogP contribution in [-0.2, 0) is 11.3 Å². The molecule has 2 heterocycles. The summed E-state index contributed by atoms with van der Waals surface area (Å²) in [5.74, 6) is 1.13. The van der Waals surface area contributed by atoms with Crippen molar-refractivity contribution in [2.75, 3.05) is 32.0 Å². The predicted molar refractivity (Wildman–Crippen MR) is 269 cm³/mol. The Morgan fingerprint density at radius 2 is 1.11 bits per heavy atom. The zero-order valence-electron chi connectivity index (χ0n) is 41.2. The van der Waals surface area contributed by atoms with Crippen LogP contribution in [0.5, 0.6) is 0 Å². The van der Waals surface area contributed by atoms with E-state index in [0.29, 0.717) is 18.2 Å². The zero-order valence-corrected chi connectivity index (χ0v) is 41.2. The highest BCUT2D eigenvalue weighted by Gasteiger charge is 2.27. The highest BCUT2D eigenvalue weighted by Crippen LogP contribution is 2.30. The molecule has 1 amide bonds. The average molecular weight is 857 g/mol. The number of carbonyl (C=O) groups excluding carboxylic acids is 1. The van der Waals surface area contributed by atoms with E-state index in [1.807, 2.05) is 18.5 Å². The number of nitrogens with one attached hydrogen (secondary N) is 1. The zero-order chi connectivity index (χ0) is 44.0. The van der Waals surface area contributed by atoms with E-state index in [9.17, 15) is 4.79 Å². The fraction of sp³-hybridized carbons (Fsp3) is 0.800. The van der Waals surface area contributed by atoms with Gasteiger partial charge in [-0.15, -0.1) is 0 Å². The number of fused-ring (bicyclic) bond motifs is 3. The standard InChI is InChI=1S/C55H96N6O/c1-6-8-10-12-14-16-18-20-22-24-26-32-42-59(5)48-38-40-49(41-39-48)60(43-33-27-25-23-21-19-17-15-13-11-9-7-2)44-34-28-29-37-52(62)58-55-53-54(61(46-56-53)45-47(3)4)50-35-30-31-36-51(50)57-55/h30-31,35-36,46-49H,6-29,32-34,37-45H2,1-5H3,(H,57,58,62)/t48-,49+. The van der Waals surface area contributed by atoms with Crippen molar-refractivity contribution in [2.45, 2.75) is 252 Å². The van der Waals surface area contributed by atoms with Gasteiger partial charge in [0.05, 0.1) is 17.4 Å². The topological polar surface area (TPSA) is 66.3 Å². The van der Waals surface area contributed by atoms with Gasteiger partial charge in [-0.25, -0.2) is 9.97 Å². The Kier molecular flexibility index (Phi) is 27.1. The Balaban J connectivity index is 1.17. The Hall–Kier alpha value is -2.51. The minimum absolute atomic E-state index is 0.0479. The molecule has 3 aromatic rings. The molecule has 1 N–H and O–H groups in total. The maximum atomic E-state index is 13.3. The second-order valence-corrected chi connectivity index (χ2v) is 20.1. The average Bonchev–Trinajstić information content (AvgIpc) is 3.69. The molecule has 0 spiro atoms. The molecule has 7 heteroatoms. The number of aromatic nitrogens is 3. The largest absolute Gasteiger partial charge is 0.330 e. The quantitative estimate of drug-likeness (QED) is 0.0585. The Morgan fingerprint density at radius 3 is 1.65 bits per heavy atom. The fourth-order valence-corrected chi connectivity index (χ4v) is 10.3. The Labute approximate surface area is 381 Å². The smallest absolute Gasteiger partial charge is 0.225 e. The van der Waals surface area contributed by atoms with Gasteiger partial charge in [-0.05, 0) is 90.0 Å². The molecule has 1 aromatic carbocycles. The third-order valence-electron chi connectivity index (χ3n) is 14.1. The third kappa shape index (κ3) is 20.1. The van der Waals surface area contributed by atoms with Crippen LogP contribution in [0.2, 0.25) is 0 Å². The maximum absolute atomic E-state index is 13.3. The normalized spacial score (nSPS) is 15.9. The molecule has 0 atom stereocenters. The molecule has 0 bridgehead atoms. The lowest BCUT2D eigenvalue weighted by atomic mass is 9.88. The highest BCUT2D eigenvalue weighted by atomic mass is 16.1. The van der Waals surface area contributed by atoms with Gasteiger partial charge in [0.15, 0.2) is 5.82 Å². The van der Waals surface area contributed by atoms with Gasteiger partial charge >= 0.3 is 0 Å². The number of unbranched alkanes of at least 4 members (excludes halogenated alkanes) is 24. The van der Waals surface area contributed by atoms with Gasteiger partial charge in [0.25, 0.3) is 0 Å². The van der Waals surface area contributed by atoms with Crippen molar-refractivity contribution in [2.24, 2.45) is 5.92 Å². The van der Waals surface area contributed by atoms with E-state index >= 15 is 0 Å². The summed E-state index contributed by atoms with van der Waals surface area (Å²) in [6.45, 7) is 13.6. The van der Waals surface area contributed by atoms with Gasteiger partial charge in [-0.2, -0.15) is 0 Å². The molecule has 0 aliphatic heterocycles. The van der Waals surface area contributed by atoms with E-state index in [-0.39, 0.29) is 5.91 Å². The van der Waals surface area contributed by atoms with E-state index in [0.717, 1.165) is 53.4 Å². The van der Waals surface area contributed by atoms with Crippen LogP contribution in [0.15, 0.2) is 30.6 Å². The minimum atomic E-state index is 0.0479. The molecule has 7 nitrogen and oxygen atoms in total. The van der Waals surface area contributed by atoms with E-state index in [4.69, 9.17) is 9.97 Å². The molecule has 2 aromatic heterocycles. The van der Waals surface area contributed by atoms with Crippen molar-refractivity contribution in [3.8, 4) is 0 Å². The van der Waals surface area contributed by atoms with Gasteiger partial charge < -0.3 is 19.7 Å². The number of hydrogen-bond acceptors (Lipinski definition) is 5. The van der Waals surface area contributed by atoms with Crippen LogP contribution in [0.25, 0.3) is 21.9 Å². The summed E-state index contributed by atoms with van der Waals surface area (Å²) in [6.07, 6.45) is 44.9. The molecule has 0 radical (unpaired) electrons. The van der Waals surface area contributed by atoms with Crippen molar-refractivity contribution in [3.05, 3.63) is 30.6 Å². The van der Waals surface area contributed by atoms with Crippen LogP contribution in [0.4, 0.5) is 5.82 Å². The molecule has 0 unspecified atom stereocenters. The van der Waals surface area contributed by atoms with E-state index < -0.39 is 0 Å². The maximum Gasteiger partial charge on any atom is 0.225 e. The van der Waals surface area contributed by atoms with Crippen molar-refractivity contribution < 1.29 is 4.79 Å². The van der Waals surface area contributed by atoms with Gasteiger partial charge in [-0.1, -0.05) is 194 Å². The molecule has 1 fully saturated rings. The number of pyridine rings is 1. The molecule has 352 valence electrons. The van der Waals surface area contributed by atoms with E-state index in [1.165, 1.54) is 206 Å². The number of carbonyl (C=O) groups is 1. The lowest BCUT2D eigenvalue weighted by Gasteiger charge is -2.40. The van der Waals surface area contributed by atoms with Gasteiger partial charge in [0, 0.05) is 30.4 Å². The van der Waals surface area contributed by atoms with Crippen molar-refractivity contribution in [3.63, 3.8) is 0 Å².